The number of alkyl halides is 2. The first kappa shape index (κ1) is 10.9. The summed E-state index contributed by atoms with van der Waals surface area (Å²) in [5.41, 5.74) is -0.878. The van der Waals surface area contributed by atoms with Crippen molar-refractivity contribution in [1.82, 2.24) is 0 Å². The molecule has 0 spiro atoms. The Morgan fingerprint density at radius 2 is 1.50 bits per heavy atom. The fourth-order valence-electron chi connectivity index (χ4n) is 0.937. The van der Waals surface area contributed by atoms with Gasteiger partial charge in [-0.25, -0.2) is 26.3 Å². The fourth-order valence-corrected chi connectivity index (χ4v) is 0.937. The van der Waals surface area contributed by atoms with Crippen molar-refractivity contribution >= 4 is 0 Å². The minimum absolute atomic E-state index is 0.222. The molecule has 0 amide bonds. The summed E-state index contributed by atoms with van der Waals surface area (Å²) >= 11 is 0. The fraction of sp³-hybridized carbons (Fsp3) is 0.250. The van der Waals surface area contributed by atoms with Crippen LogP contribution in [0.25, 0.3) is 0 Å². The van der Waals surface area contributed by atoms with Gasteiger partial charge in [0.15, 0.2) is 23.3 Å². The van der Waals surface area contributed by atoms with E-state index in [1.54, 1.807) is 0 Å². The van der Waals surface area contributed by atoms with Gasteiger partial charge >= 0.3 is 0 Å². The molecule has 0 atom stereocenters. The van der Waals surface area contributed by atoms with Gasteiger partial charge in [-0.05, 0) is 11.6 Å². The van der Waals surface area contributed by atoms with Crippen LogP contribution in [-0.2, 0) is 6.42 Å². The monoisotopic (exact) mass is 214 g/mol. The summed E-state index contributed by atoms with van der Waals surface area (Å²) in [5.74, 6) is -7.52. The zero-order valence-corrected chi connectivity index (χ0v) is 6.63. The summed E-state index contributed by atoms with van der Waals surface area (Å²) in [5, 5.41) is 0. The number of benzene rings is 1. The Labute approximate surface area is 75.2 Å². The van der Waals surface area contributed by atoms with Crippen molar-refractivity contribution in [3.05, 3.63) is 34.9 Å². The zero-order valence-electron chi connectivity index (χ0n) is 6.63. The number of rotatable bonds is 2. The van der Waals surface area contributed by atoms with Crippen LogP contribution in [0.2, 0.25) is 0 Å². The molecule has 0 saturated heterocycles. The van der Waals surface area contributed by atoms with Gasteiger partial charge in [0.2, 0.25) is 6.43 Å². The second kappa shape index (κ2) is 3.89. The van der Waals surface area contributed by atoms with Gasteiger partial charge in [0.1, 0.15) is 0 Å². The van der Waals surface area contributed by atoms with Crippen LogP contribution in [0, 0.1) is 23.3 Å². The van der Waals surface area contributed by atoms with Crippen molar-refractivity contribution in [2.75, 3.05) is 0 Å². The molecule has 1 rings (SSSR count). The molecule has 1 aromatic carbocycles. The van der Waals surface area contributed by atoms with E-state index in [4.69, 9.17) is 0 Å². The Balaban J connectivity index is 3.19. The summed E-state index contributed by atoms with van der Waals surface area (Å²) < 4.78 is 73.4. The quantitative estimate of drug-likeness (QED) is 0.403. The van der Waals surface area contributed by atoms with Crippen molar-refractivity contribution in [3.63, 3.8) is 0 Å². The highest BCUT2D eigenvalue weighted by molar-refractivity contribution is 5.22. The smallest absolute Gasteiger partial charge is 0.210 e. The van der Waals surface area contributed by atoms with Crippen molar-refractivity contribution < 1.29 is 26.3 Å². The Hall–Kier alpha value is -1.20. The van der Waals surface area contributed by atoms with Crippen molar-refractivity contribution in [1.29, 1.82) is 0 Å². The van der Waals surface area contributed by atoms with E-state index in [9.17, 15) is 26.3 Å². The van der Waals surface area contributed by atoms with Crippen molar-refractivity contribution in [3.8, 4) is 0 Å². The molecule has 0 aliphatic carbocycles. The first-order chi connectivity index (χ1) is 6.43. The summed E-state index contributed by atoms with van der Waals surface area (Å²) in [7, 11) is 0. The number of halogens is 6. The van der Waals surface area contributed by atoms with Crippen LogP contribution in [0.4, 0.5) is 26.3 Å². The number of hydrogen-bond donors (Lipinski definition) is 0. The van der Waals surface area contributed by atoms with E-state index in [0.717, 1.165) is 0 Å². The maximum Gasteiger partial charge on any atom is 0.242 e. The van der Waals surface area contributed by atoms with Crippen molar-refractivity contribution in [2.45, 2.75) is 12.8 Å². The highest BCUT2D eigenvalue weighted by atomic mass is 19.3. The molecule has 0 fully saturated rings. The SMILES string of the molecule is Fc1cc(CC(F)F)c(F)c(F)c1F. The van der Waals surface area contributed by atoms with Crippen LogP contribution in [0.5, 0.6) is 0 Å². The molecule has 0 radical (unpaired) electrons. The van der Waals surface area contributed by atoms with Gasteiger partial charge in [-0.3, -0.25) is 0 Å². The third kappa shape index (κ3) is 2.00. The molecular weight excluding hydrogens is 210 g/mol. The average Bonchev–Trinajstić information content (AvgIpc) is 2.10. The Morgan fingerprint density at radius 1 is 0.929 bits per heavy atom. The minimum atomic E-state index is -2.95. The van der Waals surface area contributed by atoms with E-state index in [0.29, 0.717) is 0 Å². The first-order valence-corrected chi connectivity index (χ1v) is 3.53. The normalized spacial score (nSPS) is 11.1. The second-order valence-corrected chi connectivity index (χ2v) is 2.55. The maximum absolute atomic E-state index is 12.7. The van der Waals surface area contributed by atoms with E-state index in [-0.39, 0.29) is 6.07 Å². The topological polar surface area (TPSA) is 0 Å². The minimum Gasteiger partial charge on any atom is -0.210 e. The van der Waals surface area contributed by atoms with Crippen LogP contribution in [-0.4, -0.2) is 6.43 Å². The second-order valence-electron chi connectivity index (χ2n) is 2.55. The summed E-state index contributed by atoms with van der Waals surface area (Å²) in [6, 6.07) is 0.222. The number of hydrogen-bond acceptors (Lipinski definition) is 0. The molecule has 0 unspecified atom stereocenters. The lowest BCUT2D eigenvalue weighted by atomic mass is 10.1. The van der Waals surface area contributed by atoms with Crippen LogP contribution in [0.1, 0.15) is 5.56 Å². The molecule has 14 heavy (non-hydrogen) atoms. The van der Waals surface area contributed by atoms with E-state index in [1.165, 1.54) is 0 Å². The molecule has 0 aliphatic rings. The lowest BCUT2D eigenvalue weighted by Gasteiger charge is -2.04. The molecule has 78 valence electrons. The summed E-state index contributed by atoms with van der Waals surface area (Å²) in [4.78, 5) is 0. The Kier molecular flexibility index (Phi) is 3.03. The summed E-state index contributed by atoms with van der Waals surface area (Å²) in [6.07, 6.45) is -4.10. The molecule has 0 nitrogen and oxygen atoms in total. The van der Waals surface area contributed by atoms with E-state index >= 15 is 0 Å². The van der Waals surface area contributed by atoms with E-state index in [1.807, 2.05) is 0 Å². The molecule has 0 bridgehead atoms. The first-order valence-electron chi connectivity index (χ1n) is 3.53. The highest BCUT2D eigenvalue weighted by Crippen LogP contribution is 2.20. The molecule has 0 saturated carbocycles. The van der Waals surface area contributed by atoms with Gasteiger partial charge in [0.05, 0.1) is 0 Å². The van der Waals surface area contributed by atoms with Gasteiger partial charge in [-0.1, -0.05) is 0 Å². The van der Waals surface area contributed by atoms with Gasteiger partial charge in [-0.2, -0.15) is 0 Å². The van der Waals surface area contributed by atoms with Crippen molar-refractivity contribution in [2.24, 2.45) is 0 Å². The Morgan fingerprint density at radius 3 is 2.00 bits per heavy atom. The van der Waals surface area contributed by atoms with Crippen LogP contribution in [0.3, 0.4) is 0 Å². The molecule has 0 aliphatic heterocycles. The van der Waals surface area contributed by atoms with Gasteiger partial charge in [-0.15, -0.1) is 0 Å². The molecule has 1 aromatic rings. The average molecular weight is 214 g/mol. The van der Waals surface area contributed by atoms with Gasteiger partial charge in [0, 0.05) is 6.42 Å². The molecule has 0 aromatic heterocycles. The largest absolute Gasteiger partial charge is 0.242 e. The molecule has 0 N–H and O–H groups in total. The molecular formula is C8H4F6. The van der Waals surface area contributed by atoms with Crippen LogP contribution < -0.4 is 0 Å². The van der Waals surface area contributed by atoms with E-state index in [2.05, 4.69) is 0 Å². The predicted octanol–water partition coefficient (Wildman–Crippen LogP) is 3.05. The predicted molar refractivity (Wildman–Crippen MR) is 36.0 cm³/mol. The summed E-state index contributed by atoms with van der Waals surface area (Å²) in [6.45, 7) is 0. The van der Waals surface area contributed by atoms with Gasteiger partial charge in [0.25, 0.3) is 0 Å². The van der Waals surface area contributed by atoms with Crippen LogP contribution >= 0.6 is 0 Å². The Bertz CT molecular complexity index is 346. The molecule has 0 heterocycles. The maximum atomic E-state index is 12.7. The third-order valence-electron chi connectivity index (χ3n) is 1.55. The highest BCUT2D eigenvalue weighted by Gasteiger charge is 2.20. The zero-order chi connectivity index (χ0) is 10.9. The standard InChI is InChI=1S/C8H4F6/c9-4-1-3(2-5(10)11)6(12)8(14)7(4)13/h1,5H,2H2. The van der Waals surface area contributed by atoms with E-state index < -0.39 is 41.7 Å². The molecule has 6 heteroatoms. The van der Waals surface area contributed by atoms with Crippen LogP contribution in [0.15, 0.2) is 6.07 Å². The lowest BCUT2D eigenvalue weighted by Crippen LogP contribution is -2.05. The van der Waals surface area contributed by atoms with Gasteiger partial charge < -0.3 is 0 Å². The third-order valence-corrected chi connectivity index (χ3v) is 1.55. The lowest BCUT2D eigenvalue weighted by molar-refractivity contribution is 0.147.